The molecule has 0 saturated carbocycles. The Morgan fingerprint density at radius 2 is 2.04 bits per heavy atom. The number of thioether (sulfide) groups is 1. The van der Waals surface area contributed by atoms with Crippen LogP contribution >= 0.6 is 23.4 Å². The molecule has 0 aliphatic heterocycles. The predicted octanol–water partition coefficient (Wildman–Crippen LogP) is 4.27. The summed E-state index contributed by atoms with van der Waals surface area (Å²) in [6, 6.07) is 6.08. The minimum absolute atomic E-state index is 0.0488. The lowest BCUT2D eigenvalue weighted by atomic mass is 10.3. The van der Waals surface area contributed by atoms with Crippen LogP contribution in [0.1, 0.15) is 5.56 Å². The van der Waals surface area contributed by atoms with Gasteiger partial charge in [0.25, 0.3) is 0 Å². The first-order valence-corrected chi connectivity index (χ1v) is 8.40. The van der Waals surface area contributed by atoms with E-state index in [2.05, 4.69) is 15.5 Å². The number of rotatable bonds is 4. The van der Waals surface area contributed by atoms with E-state index >= 15 is 0 Å². The van der Waals surface area contributed by atoms with Crippen LogP contribution in [-0.2, 0) is 11.0 Å². The molecule has 5 nitrogen and oxygen atoms in total. The fraction of sp³-hybridized carbons (Fsp3) is 0.133. The van der Waals surface area contributed by atoms with Gasteiger partial charge in [0.2, 0.25) is 5.91 Å². The molecule has 0 unspecified atom stereocenters. The standard InChI is InChI=1S/C15H9ClF4N4OS/c16-11-4-8(15(18,19)20)6-24-13(11)22-23-14(24)26-7-12(25)21-10-3-1-2-9(17)5-10/h1-6H,7H2,(H,21,25). The van der Waals surface area contributed by atoms with Crippen LogP contribution in [0.4, 0.5) is 23.2 Å². The Morgan fingerprint density at radius 1 is 1.27 bits per heavy atom. The molecule has 1 aromatic carbocycles. The molecule has 0 fully saturated rings. The normalized spacial score (nSPS) is 11.7. The molecule has 3 rings (SSSR count). The van der Waals surface area contributed by atoms with Crippen LogP contribution in [0, 0.1) is 5.82 Å². The quantitative estimate of drug-likeness (QED) is 0.521. The van der Waals surface area contributed by atoms with Gasteiger partial charge >= 0.3 is 6.18 Å². The van der Waals surface area contributed by atoms with Crippen molar-refractivity contribution in [3.63, 3.8) is 0 Å². The van der Waals surface area contributed by atoms with Crippen LogP contribution in [0.2, 0.25) is 5.02 Å². The number of carbonyl (C=O) groups is 1. The van der Waals surface area contributed by atoms with Gasteiger partial charge in [0.05, 0.1) is 16.3 Å². The number of hydrogen-bond acceptors (Lipinski definition) is 4. The number of nitrogens with zero attached hydrogens (tertiary/aromatic N) is 3. The Kier molecular flexibility index (Phi) is 5.05. The van der Waals surface area contributed by atoms with E-state index in [0.717, 1.165) is 34.5 Å². The Bertz CT molecular complexity index is 976. The molecule has 0 saturated heterocycles. The van der Waals surface area contributed by atoms with Gasteiger partial charge in [-0.25, -0.2) is 4.39 Å². The van der Waals surface area contributed by atoms with Gasteiger partial charge in [-0.15, -0.1) is 10.2 Å². The van der Waals surface area contributed by atoms with Gasteiger partial charge in [-0.2, -0.15) is 13.2 Å². The van der Waals surface area contributed by atoms with Crippen LogP contribution in [-0.4, -0.2) is 26.3 Å². The van der Waals surface area contributed by atoms with E-state index in [1.165, 1.54) is 18.2 Å². The van der Waals surface area contributed by atoms with Gasteiger partial charge < -0.3 is 5.32 Å². The first-order chi connectivity index (χ1) is 12.2. The molecule has 11 heteroatoms. The minimum Gasteiger partial charge on any atom is -0.325 e. The van der Waals surface area contributed by atoms with Crippen LogP contribution in [0.25, 0.3) is 5.65 Å². The third-order valence-corrected chi connectivity index (χ3v) is 4.42. The fourth-order valence-corrected chi connectivity index (χ4v) is 3.04. The summed E-state index contributed by atoms with van der Waals surface area (Å²) in [6.07, 6.45) is -3.77. The lowest BCUT2D eigenvalue weighted by molar-refractivity contribution is -0.137. The van der Waals surface area contributed by atoms with Gasteiger partial charge in [-0.3, -0.25) is 9.20 Å². The van der Waals surface area contributed by atoms with Crippen LogP contribution in [0.15, 0.2) is 41.7 Å². The number of pyridine rings is 1. The lowest BCUT2D eigenvalue weighted by Crippen LogP contribution is -2.14. The van der Waals surface area contributed by atoms with Crippen molar-refractivity contribution in [2.45, 2.75) is 11.3 Å². The maximum atomic E-state index is 13.1. The molecule has 0 bridgehead atoms. The van der Waals surface area contributed by atoms with Crippen molar-refractivity contribution in [1.29, 1.82) is 0 Å². The molecule has 0 radical (unpaired) electrons. The Balaban J connectivity index is 1.76. The molecule has 26 heavy (non-hydrogen) atoms. The van der Waals surface area contributed by atoms with E-state index in [9.17, 15) is 22.4 Å². The zero-order chi connectivity index (χ0) is 18.9. The Morgan fingerprint density at radius 3 is 2.73 bits per heavy atom. The summed E-state index contributed by atoms with van der Waals surface area (Å²) >= 11 is 6.69. The first kappa shape index (κ1) is 18.5. The average Bonchev–Trinajstić information content (AvgIpc) is 2.96. The molecule has 0 aliphatic carbocycles. The summed E-state index contributed by atoms with van der Waals surface area (Å²) in [6.45, 7) is 0. The van der Waals surface area contributed by atoms with Crippen LogP contribution < -0.4 is 5.32 Å². The molecule has 3 aromatic rings. The molecule has 0 atom stereocenters. The second-order valence-corrected chi connectivity index (χ2v) is 6.45. The zero-order valence-corrected chi connectivity index (χ0v) is 14.3. The van der Waals surface area contributed by atoms with E-state index in [1.807, 2.05) is 0 Å². The zero-order valence-electron chi connectivity index (χ0n) is 12.7. The second-order valence-electron chi connectivity index (χ2n) is 5.10. The van der Waals surface area contributed by atoms with Crippen molar-refractivity contribution in [3.8, 4) is 0 Å². The van der Waals surface area contributed by atoms with E-state index in [-0.39, 0.29) is 27.3 Å². The molecular formula is C15H9ClF4N4OS. The second kappa shape index (κ2) is 7.12. The highest BCUT2D eigenvalue weighted by molar-refractivity contribution is 7.99. The average molecular weight is 405 g/mol. The van der Waals surface area contributed by atoms with Crippen molar-refractivity contribution in [3.05, 3.63) is 52.9 Å². The Labute approximate surface area is 153 Å². The summed E-state index contributed by atoms with van der Waals surface area (Å²) in [5.74, 6) is -1.14. The highest BCUT2D eigenvalue weighted by Crippen LogP contribution is 2.33. The highest BCUT2D eigenvalue weighted by Gasteiger charge is 2.32. The number of alkyl halides is 3. The summed E-state index contributed by atoms with van der Waals surface area (Å²) in [7, 11) is 0. The van der Waals surface area contributed by atoms with Crippen molar-refractivity contribution in [1.82, 2.24) is 14.6 Å². The van der Waals surface area contributed by atoms with Crippen LogP contribution in [0.3, 0.4) is 0 Å². The largest absolute Gasteiger partial charge is 0.417 e. The number of halogens is 5. The van der Waals surface area contributed by atoms with E-state index in [0.29, 0.717) is 0 Å². The molecule has 1 amide bonds. The molecule has 2 heterocycles. The number of carbonyl (C=O) groups excluding carboxylic acids is 1. The monoisotopic (exact) mass is 404 g/mol. The number of aromatic nitrogens is 3. The van der Waals surface area contributed by atoms with Crippen LogP contribution in [0.5, 0.6) is 0 Å². The summed E-state index contributed by atoms with van der Waals surface area (Å²) in [4.78, 5) is 11.9. The SMILES string of the molecule is O=C(CSc1nnc2c(Cl)cc(C(F)(F)F)cn12)Nc1cccc(F)c1. The number of benzene rings is 1. The lowest BCUT2D eigenvalue weighted by Gasteiger charge is -2.09. The van der Waals surface area contributed by atoms with Gasteiger partial charge in [-0.05, 0) is 24.3 Å². The minimum atomic E-state index is -4.58. The number of amides is 1. The third-order valence-electron chi connectivity index (χ3n) is 3.20. The smallest absolute Gasteiger partial charge is 0.325 e. The summed E-state index contributed by atoms with van der Waals surface area (Å²) < 4.78 is 52.9. The van der Waals surface area contributed by atoms with Gasteiger partial charge in [0.1, 0.15) is 5.82 Å². The number of fused-ring (bicyclic) bond motifs is 1. The topological polar surface area (TPSA) is 59.3 Å². The summed E-state index contributed by atoms with van der Waals surface area (Å²) in [5, 5.41) is 9.83. The van der Waals surface area contributed by atoms with E-state index in [1.54, 1.807) is 0 Å². The van der Waals surface area contributed by atoms with Crippen molar-refractivity contribution < 1.29 is 22.4 Å². The van der Waals surface area contributed by atoms with Crippen molar-refractivity contribution in [2.75, 3.05) is 11.1 Å². The van der Waals surface area contributed by atoms with Crippen molar-refractivity contribution >= 4 is 40.6 Å². The predicted molar refractivity (Wildman–Crippen MR) is 88.8 cm³/mol. The fourth-order valence-electron chi connectivity index (χ4n) is 2.08. The van der Waals surface area contributed by atoms with Gasteiger partial charge in [-0.1, -0.05) is 29.4 Å². The molecule has 0 spiro atoms. The number of nitrogens with one attached hydrogen (secondary N) is 1. The van der Waals surface area contributed by atoms with Gasteiger partial charge in [0.15, 0.2) is 10.8 Å². The molecule has 1 N–H and O–H groups in total. The van der Waals surface area contributed by atoms with Crippen molar-refractivity contribution in [2.24, 2.45) is 0 Å². The van der Waals surface area contributed by atoms with Gasteiger partial charge in [0, 0.05) is 11.9 Å². The molecular weight excluding hydrogens is 396 g/mol. The number of hydrogen-bond donors (Lipinski definition) is 1. The molecule has 2 aromatic heterocycles. The Hall–Kier alpha value is -2.33. The summed E-state index contributed by atoms with van der Waals surface area (Å²) in [5.41, 5.74) is -0.641. The van der Waals surface area contributed by atoms with E-state index < -0.39 is 23.5 Å². The molecule has 0 aliphatic rings. The maximum Gasteiger partial charge on any atom is 0.417 e. The highest BCUT2D eigenvalue weighted by atomic mass is 35.5. The third kappa shape index (κ3) is 4.07. The van der Waals surface area contributed by atoms with E-state index in [4.69, 9.17) is 11.6 Å². The number of anilines is 1. The molecule has 136 valence electrons. The first-order valence-electron chi connectivity index (χ1n) is 7.04. The maximum absolute atomic E-state index is 13.1.